The zero-order valence-corrected chi connectivity index (χ0v) is 10.3. The largest absolute Gasteiger partial charge is 0.396 e. The molecule has 6 nitrogen and oxygen atoms in total. The van der Waals surface area contributed by atoms with Gasteiger partial charge in [0, 0.05) is 18.8 Å². The number of aromatic nitrogens is 2. The van der Waals surface area contributed by atoms with Gasteiger partial charge in [0.25, 0.3) is 5.91 Å². The summed E-state index contributed by atoms with van der Waals surface area (Å²) in [6, 6.07) is 6.96. The van der Waals surface area contributed by atoms with Crippen LogP contribution in [0.25, 0.3) is 0 Å². The Hall–Kier alpha value is -2.50. The molecule has 2 rings (SSSR count). The third kappa shape index (κ3) is 2.13. The van der Waals surface area contributed by atoms with E-state index in [2.05, 4.69) is 10.4 Å². The van der Waals surface area contributed by atoms with Crippen LogP contribution in [0.4, 0.5) is 17.2 Å². The number of hydrogen-bond acceptors (Lipinski definition) is 4. The highest BCUT2D eigenvalue weighted by molar-refractivity contribution is 6.01. The molecule has 1 heterocycles. The number of nitrogens with zero attached hydrogens (tertiary/aromatic N) is 2. The third-order valence-corrected chi connectivity index (χ3v) is 2.75. The number of aryl methyl sites for hydroxylation is 2. The highest BCUT2D eigenvalue weighted by Gasteiger charge is 2.10. The molecule has 0 fully saturated rings. The molecule has 94 valence electrons. The van der Waals surface area contributed by atoms with E-state index in [1.54, 1.807) is 22.9 Å². The van der Waals surface area contributed by atoms with Gasteiger partial charge in [0.2, 0.25) is 0 Å². The smallest absolute Gasteiger partial charge is 0.250 e. The van der Waals surface area contributed by atoms with Gasteiger partial charge in [-0.15, -0.1) is 0 Å². The van der Waals surface area contributed by atoms with Gasteiger partial charge in [-0.05, 0) is 19.1 Å². The number of nitrogen functional groups attached to an aromatic ring is 1. The number of carbonyl (C=O) groups excluding carboxylic acids is 1. The second kappa shape index (κ2) is 4.40. The number of amides is 1. The second-order valence-corrected chi connectivity index (χ2v) is 4.05. The van der Waals surface area contributed by atoms with Crippen LogP contribution in [0.1, 0.15) is 16.1 Å². The number of para-hydroxylation sites is 1. The Bertz CT molecular complexity index is 583. The van der Waals surface area contributed by atoms with Crippen molar-refractivity contribution in [1.29, 1.82) is 0 Å². The number of carbonyl (C=O) groups is 1. The summed E-state index contributed by atoms with van der Waals surface area (Å²) >= 11 is 0. The SMILES string of the molecule is Cc1cc(Nc2cccc(C(N)=O)c2N)nn1C. The van der Waals surface area contributed by atoms with E-state index < -0.39 is 5.91 Å². The Morgan fingerprint density at radius 1 is 1.44 bits per heavy atom. The van der Waals surface area contributed by atoms with Crippen molar-refractivity contribution in [3.05, 3.63) is 35.5 Å². The number of benzene rings is 1. The van der Waals surface area contributed by atoms with E-state index >= 15 is 0 Å². The van der Waals surface area contributed by atoms with E-state index in [9.17, 15) is 4.79 Å². The van der Waals surface area contributed by atoms with E-state index in [4.69, 9.17) is 11.5 Å². The van der Waals surface area contributed by atoms with E-state index in [-0.39, 0.29) is 0 Å². The Morgan fingerprint density at radius 2 is 2.17 bits per heavy atom. The van der Waals surface area contributed by atoms with E-state index in [0.717, 1.165) is 5.69 Å². The molecule has 0 aliphatic carbocycles. The molecule has 0 radical (unpaired) electrons. The minimum absolute atomic E-state index is 0.299. The fourth-order valence-electron chi connectivity index (χ4n) is 1.65. The molecule has 0 saturated heterocycles. The van der Waals surface area contributed by atoms with Crippen LogP contribution in [0.2, 0.25) is 0 Å². The van der Waals surface area contributed by atoms with Crippen molar-refractivity contribution in [1.82, 2.24) is 9.78 Å². The van der Waals surface area contributed by atoms with Gasteiger partial charge in [-0.1, -0.05) is 6.07 Å². The lowest BCUT2D eigenvalue weighted by Gasteiger charge is -2.09. The molecule has 5 N–H and O–H groups in total. The van der Waals surface area contributed by atoms with E-state index in [0.29, 0.717) is 22.8 Å². The monoisotopic (exact) mass is 245 g/mol. The maximum atomic E-state index is 11.2. The number of nitrogens with two attached hydrogens (primary N) is 2. The first-order valence-corrected chi connectivity index (χ1v) is 5.45. The van der Waals surface area contributed by atoms with Crippen LogP contribution in [0.15, 0.2) is 24.3 Å². The minimum Gasteiger partial charge on any atom is -0.396 e. The Labute approximate surface area is 105 Å². The predicted octanol–water partition coefficient (Wildman–Crippen LogP) is 1.15. The molecule has 2 aromatic rings. The van der Waals surface area contributed by atoms with Crippen LogP contribution in [0.5, 0.6) is 0 Å². The van der Waals surface area contributed by atoms with Crippen LogP contribution < -0.4 is 16.8 Å². The molecule has 0 aliphatic rings. The Morgan fingerprint density at radius 3 is 2.72 bits per heavy atom. The van der Waals surface area contributed by atoms with Gasteiger partial charge in [-0.25, -0.2) is 0 Å². The van der Waals surface area contributed by atoms with Crippen LogP contribution in [-0.2, 0) is 7.05 Å². The van der Waals surface area contributed by atoms with Crippen molar-refractivity contribution in [2.45, 2.75) is 6.92 Å². The van der Waals surface area contributed by atoms with Gasteiger partial charge >= 0.3 is 0 Å². The molecular weight excluding hydrogens is 230 g/mol. The second-order valence-electron chi connectivity index (χ2n) is 4.05. The van der Waals surface area contributed by atoms with E-state index in [1.165, 1.54) is 0 Å². The lowest BCUT2D eigenvalue weighted by molar-refractivity contribution is 0.100. The molecular formula is C12H15N5O. The van der Waals surface area contributed by atoms with Crippen molar-refractivity contribution < 1.29 is 4.79 Å². The summed E-state index contributed by atoms with van der Waals surface area (Å²) in [6.45, 7) is 1.95. The number of rotatable bonds is 3. The highest BCUT2D eigenvalue weighted by atomic mass is 16.1. The van der Waals surface area contributed by atoms with Crippen LogP contribution in [0.3, 0.4) is 0 Å². The van der Waals surface area contributed by atoms with Gasteiger partial charge in [-0.3, -0.25) is 9.48 Å². The van der Waals surface area contributed by atoms with Crippen molar-refractivity contribution in [3.63, 3.8) is 0 Å². The van der Waals surface area contributed by atoms with Gasteiger partial charge in [0.05, 0.1) is 16.9 Å². The minimum atomic E-state index is -0.548. The summed E-state index contributed by atoms with van der Waals surface area (Å²) in [5.74, 6) is 0.122. The maximum Gasteiger partial charge on any atom is 0.250 e. The van der Waals surface area contributed by atoms with Gasteiger partial charge in [0.1, 0.15) is 0 Å². The van der Waals surface area contributed by atoms with Crippen LogP contribution >= 0.6 is 0 Å². The standard InChI is InChI=1S/C12H15N5O/c1-7-6-10(16-17(7)2)15-9-5-3-4-8(11(9)13)12(14)18/h3-6H,13H2,1-2H3,(H2,14,18)(H,15,16). The third-order valence-electron chi connectivity index (χ3n) is 2.75. The summed E-state index contributed by atoms with van der Waals surface area (Å²) in [6.07, 6.45) is 0. The zero-order chi connectivity index (χ0) is 13.3. The fraction of sp³-hybridized carbons (Fsp3) is 0.167. The van der Waals surface area contributed by atoms with E-state index in [1.807, 2.05) is 20.0 Å². The van der Waals surface area contributed by atoms with Crippen LogP contribution in [0, 0.1) is 6.92 Å². The topological polar surface area (TPSA) is 99.0 Å². The highest BCUT2D eigenvalue weighted by Crippen LogP contribution is 2.25. The number of hydrogen-bond donors (Lipinski definition) is 3. The molecule has 0 aliphatic heterocycles. The van der Waals surface area contributed by atoms with Crippen molar-refractivity contribution in [2.75, 3.05) is 11.1 Å². The van der Waals surface area contributed by atoms with Gasteiger partial charge < -0.3 is 16.8 Å². The quantitative estimate of drug-likeness (QED) is 0.706. The first kappa shape index (κ1) is 12.0. The molecule has 0 atom stereocenters. The summed E-state index contributed by atoms with van der Waals surface area (Å²) < 4.78 is 1.75. The fourth-order valence-corrected chi connectivity index (χ4v) is 1.65. The molecule has 1 aromatic heterocycles. The summed E-state index contributed by atoms with van der Waals surface area (Å²) in [5, 5.41) is 7.32. The average molecular weight is 245 g/mol. The van der Waals surface area contributed by atoms with Crippen molar-refractivity contribution >= 4 is 23.1 Å². The number of primary amides is 1. The number of nitrogens with one attached hydrogen (secondary N) is 1. The summed E-state index contributed by atoms with van der Waals surface area (Å²) in [7, 11) is 1.85. The van der Waals surface area contributed by atoms with Gasteiger partial charge in [0.15, 0.2) is 5.82 Å². The van der Waals surface area contributed by atoms with Crippen molar-refractivity contribution in [2.24, 2.45) is 12.8 Å². The molecule has 0 bridgehead atoms. The average Bonchev–Trinajstić information content (AvgIpc) is 2.60. The summed E-state index contributed by atoms with van der Waals surface area (Å²) in [5.41, 5.74) is 13.4. The molecule has 1 amide bonds. The first-order valence-electron chi connectivity index (χ1n) is 5.45. The lowest BCUT2D eigenvalue weighted by atomic mass is 10.1. The van der Waals surface area contributed by atoms with Crippen molar-refractivity contribution in [3.8, 4) is 0 Å². The molecule has 1 aromatic carbocycles. The lowest BCUT2D eigenvalue weighted by Crippen LogP contribution is -2.14. The molecule has 0 saturated carbocycles. The molecule has 6 heteroatoms. The molecule has 18 heavy (non-hydrogen) atoms. The van der Waals surface area contributed by atoms with Gasteiger partial charge in [-0.2, -0.15) is 5.10 Å². The normalized spacial score (nSPS) is 10.3. The number of anilines is 3. The maximum absolute atomic E-state index is 11.2. The summed E-state index contributed by atoms with van der Waals surface area (Å²) in [4.78, 5) is 11.2. The molecule has 0 spiro atoms. The molecule has 0 unspecified atom stereocenters. The zero-order valence-electron chi connectivity index (χ0n) is 10.3. The Kier molecular flexibility index (Phi) is 2.93. The predicted molar refractivity (Wildman–Crippen MR) is 70.6 cm³/mol. The first-order chi connectivity index (χ1) is 8.49. The van der Waals surface area contributed by atoms with Crippen LogP contribution in [-0.4, -0.2) is 15.7 Å². The Balaban J connectivity index is 2.35.